The van der Waals surface area contributed by atoms with Crippen molar-refractivity contribution < 1.29 is 9.53 Å². The Hall–Kier alpha value is -2.04. The average molecular weight is 373 g/mol. The molecule has 138 valence electrons. The molecule has 0 aliphatic carbocycles. The fourth-order valence-electron chi connectivity index (χ4n) is 3.48. The minimum absolute atomic E-state index is 0.148. The molecule has 0 bridgehead atoms. The number of carbonyl (C=O) groups excluding carboxylic acids is 1. The zero-order valence-corrected chi connectivity index (χ0v) is 16.1. The molecule has 1 amide bonds. The molecule has 26 heavy (non-hydrogen) atoms. The highest BCUT2D eigenvalue weighted by molar-refractivity contribution is 6.30. The van der Waals surface area contributed by atoms with Crippen molar-refractivity contribution in [2.45, 2.75) is 18.9 Å². The van der Waals surface area contributed by atoms with Crippen LogP contribution in [0.1, 0.15) is 23.6 Å². The van der Waals surface area contributed by atoms with E-state index in [4.69, 9.17) is 16.3 Å². The lowest BCUT2D eigenvalue weighted by molar-refractivity contribution is -0.134. The normalized spacial score (nSPS) is 18.0. The minimum Gasteiger partial charge on any atom is -0.496 e. The molecule has 0 radical (unpaired) electrons. The van der Waals surface area contributed by atoms with Gasteiger partial charge in [0.15, 0.2) is 0 Å². The van der Waals surface area contributed by atoms with Crippen LogP contribution < -0.4 is 4.74 Å². The average Bonchev–Trinajstić information content (AvgIpc) is 2.66. The van der Waals surface area contributed by atoms with E-state index < -0.39 is 0 Å². The summed E-state index contributed by atoms with van der Waals surface area (Å²) in [6, 6.07) is 15.9. The van der Waals surface area contributed by atoms with E-state index in [0.717, 1.165) is 30.0 Å². The summed E-state index contributed by atoms with van der Waals surface area (Å²) >= 11 is 6.03. The molecule has 1 heterocycles. The van der Waals surface area contributed by atoms with Gasteiger partial charge in [-0.2, -0.15) is 0 Å². The molecule has 5 heteroatoms. The van der Waals surface area contributed by atoms with E-state index in [1.807, 2.05) is 47.4 Å². The van der Waals surface area contributed by atoms with Gasteiger partial charge in [0.1, 0.15) is 5.75 Å². The lowest BCUT2D eigenvalue weighted by Gasteiger charge is -2.40. The highest BCUT2D eigenvalue weighted by Gasteiger charge is 2.29. The number of amides is 1. The van der Waals surface area contributed by atoms with Gasteiger partial charge in [-0.3, -0.25) is 9.69 Å². The van der Waals surface area contributed by atoms with E-state index in [-0.39, 0.29) is 11.9 Å². The van der Waals surface area contributed by atoms with Crippen LogP contribution in [0.5, 0.6) is 5.75 Å². The molecule has 4 nitrogen and oxygen atoms in total. The number of carbonyl (C=O) groups is 1. The van der Waals surface area contributed by atoms with E-state index in [1.165, 1.54) is 0 Å². The number of para-hydroxylation sites is 1. The number of methoxy groups -OCH3 is 1. The molecular formula is C21H25ClN2O2. The van der Waals surface area contributed by atoms with Gasteiger partial charge in [0.25, 0.3) is 0 Å². The molecule has 2 aromatic carbocycles. The Kier molecular flexibility index (Phi) is 6.17. The predicted octanol–water partition coefficient (Wildman–Crippen LogP) is 3.80. The summed E-state index contributed by atoms with van der Waals surface area (Å²) in [5.41, 5.74) is 2.23. The molecule has 2 aromatic rings. The fraction of sp³-hybridized carbons (Fsp3) is 0.381. The molecule has 0 N–H and O–H groups in total. The minimum atomic E-state index is 0.148. The van der Waals surface area contributed by atoms with Crippen molar-refractivity contribution in [2.24, 2.45) is 0 Å². The van der Waals surface area contributed by atoms with Gasteiger partial charge < -0.3 is 9.64 Å². The summed E-state index contributed by atoms with van der Waals surface area (Å²) in [4.78, 5) is 17.0. The number of halogens is 1. The summed E-state index contributed by atoms with van der Waals surface area (Å²) < 4.78 is 5.52. The van der Waals surface area contributed by atoms with Gasteiger partial charge in [0.2, 0.25) is 5.91 Å². The van der Waals surface area contributed by atoms with Crippen LogP contribution in [0.25, 0.3) is 0 Å². The van der Waals surface area contributed by atoms with Crippen molar-refractivity contribution in [3.63, 3.8) is 0 Å². The molecule has 1 unspecified atom stereocenters. The lowest BCUT2D eigenvalue weighted by atomic mass is 10.0. The molecule has 1 atom stereocenters. The van der Waals surface area contributed by atoms with E-state index in [2.05, 4.69) is 18.0 Å². The number of hydrogen-bond acceptors (Lipinski definition) is 3. The number of aryl methyl sites for hydroxylation is 1. The smallest absolute Gasteiger partial charge is 0.223 e. The van der Waals surface area contributed by atoms with Crippen LogP contribution in [0, 0.1) is 0 Å². The third kappa shape index (κ3) is 4.37. The van der Waals surface area contributed by atoms with E-state index >= 15 is 0 Å². The number of hydrogen-bond donors (Lipinski definition) is 0. The van der Waals surface area contributed by atoms with Crippen LogP contribution in [0.4, 0.5) is 0 Å². The van der Waals surface area contributed by atoms with Crippen LogP contribution in [0.3, 0.4) is 0 Å². The molecule has 0 aromatic heterocycles. The maximum Gasteiger partial charge on any atom is 0.223 e. The van der Waals surface area contributed by atoms with E-state index in [1.54, 1.807) is 7.11 Å². The van der Waals surface area contributed by atoms with Crippen LogP contribution in [0.2, 0.25) is 5.02 Å². The van der Waals surface area contributed by atoms with Gasteiger partial charge in [-0.25, -0.2) is 0 Å². The van der Waals surface area contributed by atoms with Crippen molar-refractivity contribution in [1.29, 1.82) is 0 Å². The first-order valence-corrected chi connectivity index (χ1v) is 9.31. The molecular weight excluding hydrogens is 348 g/mol. The summed E-state index contributed by atoms with van der Waals surface area (Å²) in [6.07, 6.45) is 1.22. The molecule has 0 spiro atoms. The van der Waals surface area contributed by atoms with Crippen molar-refractivity contribution in [1.82, 2.24) is 9.80 Å². The predicted molar refractivity (Wildman–Crippen MR) is 105 cm³/mol. The van der Waals surface area contributed by atoms with Gasteiger partial charge in [-0.1, -0.05) is 41.9 Å². The first kappa shape index (κ1) is 18.7. The fourth-order valence-corrected chi connectivity index (χ4v) is 3.69. The van der Waals surface area contributed by atoms with Crippen LogP contribution in [0.15, 0.2) is 48.5 Å². The Labute approximate surface area is 160 Å². The second-order valence-corrected chi connectivity index (χ2v) is 7.14. The summed E-state index contributed by atoms with van der Waals surface area (Å²) in [6.45, 7) is 2.30. The number of benzene rings is 2. The molecule has 1 aliphatic rings. The monoisotopic (exact) mass is 372 g/mol. The Balaban J connectivity index is 1.66. The Morgan fingerprint density at radius 3 is 2.77 bits per heavy atom. The molecule has 1 fully saturated rings. The highest BCUT2D eigenvalue weighted by atomic mass is 35.5. The number of rotatable bonds is 5. The summed E-state index contributed by atoms with van der Waals surface area (Å²) in [5, 5.41) is 0.714. The van der Waals surface area contributed by atoms with Gasteiger partial charge in [0, 0.05) is 36.6 Å². The van der Waals surface area contributed by atoms with Crippen LogP contribution >= 0.6 is 11.6 Å². The second-order valence-electron chi connectivity index (χ2n) is 6.71. The topological polar surface area (TPSA) is 32.8 Å². The van der Waals surface area contributed by atoms with Gasteiger partial charge in [0.05, 0.1) is 13.2 Å². The standard InChI is InChI=1S/C21H25ClN2O2/c1-23-12-13-24(15-19(23)18-8-3-4-9-20(18)26-2)21(25)11-10-16-6-5-7-17(22)14-16/h3-9,14,19H,10-13,15H2,1-2H3. The quantitative estimate of drug-likeness (QED) is 0.800. The maximum absolute atomic E-state index is 12.7. The number of ether oxygens (including phenoxy) is 1. The first-order valence-electron chi connectivity index (χ1n) is 8.94. The molecule has 3 rings (SSSR count). The SMILES string of the molecule is COc1ccccc1C1CN(C(=O)CCc2cccc(Cl)c2)CCN1C. The van der Waals surface area contributed by atoms with Gasteiger partial charge in [-0.05, 0) is 37.2 Å². The van der Waals surface area contributed by atoms with Crippen molar-refractivity contribution in [3.8, 4) is 5.75 Å². The van der Waals surface area contributed by atoms with Crippen molar-refractivity contribution in [2.75, 3.05) is 33.8 Å². The van der Waals surface area contributed by atoms with Crippen molar-refractivity contribution in [3.05, 3.63) is 64.7 Å². The van der Waals surface area contributed by atoms with Crippen LogP contribution in [-0.2, 0) is 11.2 Å². The van der Waals surface area contributed by atoms with Crippen LogP contribution in [-0.4, -0.2) is 49.5 Å². The first-order chi connectivity index (χ1) is 12.6. The number of likely N-dealkylation sites (N-methyl/N-ethyl adjacent to an activating group) is 1. The number of nitrogens with zero attached hydrogens (tertiary/aromatic N) is 2. The molecule has 0 saturated carbocycles. The zero-order chi connectivity index (χ0) is 18.5. The maximum atomic E-state index is 12.7. The Bertz CT molecular complexity index is 765. The molecule has 1 aliphatic heterocycles. The zero-order valence-electron chi connectivity index (χ0n) is 15.3. The van der Waals surface area contributed by atoms with E-state index in [9.17, 15) is 4.79 Å². The van der Waals surface area contributed by atoms with Gasteiger partial charge in [-0.15, -0.1) is 0 Å². The molecule has 1 saturated heterocycles. The highest BCUT2D eigenvalue weighted by Crippen LogP contribution is 2.31. The summed E-state index contributed by atoms with van der Waals surface area (Å²) in [5.74, 6) is 1.07. The van der Waals surface area contributed by atoms with E-state index in [0.29, 0.717) is 24.4 Å². The number of piperazine rings is 1. The largest absolute Gasteiger partial charge is 0.496 e. The van der Waals surface area contributed by atoms with Gasteiger partial charge >= 0.3 is 0 Å². The second kappa shape index (κ2) is 8.56. The third-order valence-corrected chi connectivity index (χ3v) is 5.25. The van der Waals surface area contributed by atoms with Crippen molar-refractivity contribution >= 4 is 17.5 Å². The summed E-state index contributed by atoms with van der Waals surface area (Å²) in [7, 11) is 3.79. The third-order valence-electron chi connectivity index (χ3n) is 5.02. The Morgan fingerprint density at radius 1 is 1.19 bits per heavy atom. The Morgan fingerprint density at radius 2 is 2.00 bits per heavy atom. The lowest BCUT2D eigenvalue weighted by Crippen LogP contribution is -2.49.